The van der Waals surface area contributed by atoms with E-state index in [2.05, 4.69) is 4.74 Å². The predicted octanol–water partition coefficient (Wildman–Crippen LogP) is 0.966. The monoisotopic (exact) mass is 203 g/mol. The van der Waals surface area contributed by atoms with Crippen LogP contribution in [0.25, 0.3) is 0 Å². The van der Waals surface area contributed by atoms with E-state index in [0.717, 1.165) is 12.1 Å². The van der Waals surface area contributed by atoms with E-state index >= 15 is 0 Å². The van der Waals surface area contributed by atoms with Crippen molar-refractivity contribution in [2.75, 3.05) is 13.7 Å². The fourth-order valence-electron chi connectivity index (χ4n) is 1.09. The number of methoxy groups -OCH3 is 1. The van der Waals surface area contributed by atoms with Crippen LogP contribution >= 0.6 is 0 Å². The highest BCUT2D eigenvalue weighted by molar-refractivity contribution is 5.32. The smallest absolute Gasteiger partial charge is 0.190 e. The standard InChI is InChI=1S/C9H11F2NO2/c1-14-9-6(10)2-5(3-7(9)11)8(12)4-13/h2-3,8,13H,4,12H2,1H3/t8-/m0/s1. The molecule has 0 aliphatic rings. The maximum absolute atomic E-state index is 13.1. The molecule has 78 valence electrons. The molecule has 1 aromatic rings. The Balaban J connectivity index is 3.13. The Labute approximate surface area is 80.1 Å². The van der Waals surface area contributed by atoms with Gasteiger partial charge in [-0.1, -0.05) is 0 Å². The van der Waals surface area contributed by atoms with E-state index < -0.39 is 23.4 Å². The van der Waals surface area contributed by atoms with Gasteiger partial charge in [0.05, 0.1) is 19.8 Å². The minimum absolute atomic E-state index is 0.198. The number of rotatable bonds is 3. The first-order valence-electron chi connectivity index (χ1n) is 3.99. The Morgan fingerprint density at radius 3 is 2.29 bits per heavy atom. The van der Waals surface area contributed by atoms with Crippen LogP contribution in [-0.4, -0.2) is 18.8 Å². The van der Waals surface area contributed by atoms with Crippen molar-refractivity contribution < 1.29 is 18.6 Å². The second-order valence-electron chi connectivity index (χ2n) is 2.81. The third-order valence-corrected chi connectivity index (χ3v) is 1.85. The molecule has 1 rings (SSSR count). The van der Waals surface area contributed by atoms with E-state index in [1.54, 1.807) is 0 Å². The molecule has 3 nitrogen and oxygen atoms in total. The van der Waals surface area contributed by atoms with Gasteiger partial charge >= 0.3 is 0 Å². The average Bonchev–Trinajstić information content (AvgIpc) is 2.16. The summed E-state index contributed by atoms with van der Waals surface area (Å²) < 4.78 is 30.7. The minimum Gasteiger partial charge on any atom is -0.491 e. The van der Waals surface area contributed by atoms with Crippen LogP contribution in [0.15, 0.2) is 12.1 Å². The lowest BCUT2D eigenvalue weighted by molar-refractivity contribution is 0.267. The average molecular weight is 203 g/mol. The van der Waals surface area contributed by atoms with E-state index in [9.17, 15) is 8.78 Å². The molecule has 0 fully saturated rings. The van der Waals surface area contributed by atoms with Crippen LogP contribution in [0, 0.1) is 11.6 Å². The molecule has 0 spiro atoms. The molecular weight excluding hydrogens is 192 g/mol. The lowest BCUT2D eigenvalue weighted by Gasteiger charge is -2.10. The van der Waals surface area contributed by atoms with Gasteiger partial charge in [-0.3, -0.25) is 0 Å². The topological polar surface area (TPSA) is 55.5 Å². The van der Waals surface area contributed by atoms with Gasteiger partial charge in [-0.05, 0) is 17.7 Å². The summed E-state index contributed by atoms with van der Waals surface area (Å²) in [7, 11) is 1.17. The first-order valence-corrected chi connectivity index (χ1v) is 3.99. The number of ether oxygens (including phenoxy) is 1. The SMILES string of the molecule is COc1c(F)cc([C@@H](N)CO)cc1F. The molecule has 0 saturated heterocycles. The van der Waals surface area contributed by atoms with E-state index in [1.165, 1.54) is 7.11 Å². The Morgan fingerprint density at radius 1 is 1.43 bits per heavy atom. The molecule has 0 bridgehead atoms. The molecule has 1 aromatic carbocycles. The maximum atomic E-state index is 13.1. The zero-order valence-electron chi connectivity index (χ0n) is 7.63. The zero-order chi connectivity index (χ0) is 10.7. The number of benzene rings is 1. The van der Waals surface area contributed by atoms with E-state index in [1.807, 2.05) is 0 Å². The second-order valence-corrected chi connectivity index (χ2v) is 2.81. The summed E-state index contributed by atoms with van der Waals surface area (Å²) in [4.78, 5) is 0. The van der Waals surface area contributed by atoms with Crippen LogP contribution < -0.4 is 10.5 Å². The summed E-state index contributed by atoms with van der Waals surface area (Å²) in [6.07, 6.45) is 0. The molecule has 0 saturated carbocycles. The highest BCUT2D eigenvalue weighted by Crippen LogP contribution is 2.24. The van der Waals surface area contributed by atoms with Gasteiger partial charge in [0.1, 0.15) is 0 Å². The Morgan fingerprint density at radius 2 is 1.93 bits per heavy atom. The zero-order valence-corrected chi connectivity index (χ0v) is 7.63. The number of hydrogen-bond donors (Lipinski definition) is 2. The Hall–Kier alpha value is -1.20. The van der Waals surface area contributed by atoms with Gasteiger partial charge in [0.15, 0.2) is 17.4 Å². The van der Waals surface area contributed by atoms with Crippen molar-refractivity contribution in [3.05, 3.63) is 29.3 Å². The summed E-state index contributed by atoms with van der Waals surface area (Å²) >= 11 is 0. The number of halogens is 2. The van der Waals surface area contributed by atoms with Crippen molar-refractivity contribution in [3.63, 3.8) is 0 Å². The summed E-state index contributed by atoms with van der Waals surface area (Å²) in [5.41, 5.74) is 5.60. The first kappa shape index (κ1) is 10.9. The van der Waals surface area contributed by atoms with Gasteiger partial charge in [-0.25, -0.2) is 8.78 Å². The van der Waals surface area contributed by atoms with Crippen LogP contribution in [0.1, 0.15) is 11.6 Å². The Kier molecular flexibility index (Phi) is 3.38. The molecule has 14 heavy (non-hydrogen) atoms. The predicted molar refractivity (Wildman–Crippen MR) is 46.9 cm³/mol. The van der Waals surface area contributed by atoms with Crippen LogP contribution in [0.3, 0.4) is 0 Å². The highest BCUT2D eigenvalue weighted by Gasteiger charge is 2.14. The lowest BCUT2D eigenvalue weighted by atomic mass is 10.1. The van der Waals surface area contributed by atoms with Crippen LogP contribution in [-0.2, 0) is 0 Å². The number of nitrogens with two attached hydrogens (primary N) is 1. The van der Waals surface area contributed by atoms with E-state index in [4.69, 9.17) is 10.8 Å². The summed E-state index contributed by atoms with van der Waals surface area (Å²) in [5, 5.41) is 8.70. The molecule has 0 aromatic heterocycles. The third kappa shape index (κ3) is 2.00. The molecular formula is C9H11F2NO2. The van der Waals surface area contributed by atoms with Gasteiger partial charge in [0.25, 0.3) is 0 Å². The maximum Gasteiger partial charge on any atom is 0.190 e. The molecule has 5 heteroatoms. The number of aliphatic hydroxyl groups is 1. The third-order valence-electron chi connectivity index (χ3n) is 1.85. The van der Waals surface area contributed by atoms with Gasteiger partial charge in [0, 0.05) is 0 Å². The molecule has 0 unspecified atom stereocenters. The fourth-order valence-corrected chi connectivity index (χ4v) is 1.09. The molecule has 0 aliphatic carbocycles. The number of hydrogen-bond acceptors (Lipinski definition) is 3. The molecule has 1 atom stereocenters. The molecule has 0 aliphatic heterocycles. The van der Waals surface area contributed by atoms with Crippen LogP contribution in [0.5, 0.6) is 5.75 Å². The van der Waals surface area contributed by atoms with Gasteiger partial charge < -0.3 is 15.6 Å². The summed E-state index contributed by atoms with van der Waals surface area (Å²) in [6.45, 7) is -0.370. The quantitative estimate of drug-likeness (QED) is 0.769. The van der Waals surface area contributed by atoms with Crippen molar-refractivity contribution in [2.45, 2.75) is 6.04 Å². The fraction of sp³-hybridized carbons (Fsp3) is 0.333. The summed E-state index contributed by atoms with van der Waals surface area (Å²) in [6, 6.07) is 1.30. The molecule has 0 heterocycles. The molecule has 0 radical (unpaired) electrons. The van der Waals surface area contributed by atoms with Gasteiger partial charge in [0.2, 0.25) is 0 Å². The van der Waals surface area contributed by atoms with Crippen molar-refractivity contribution in [1.82, 2.24) is 0 Å². The van der Waals surface area contributed by atoms with Gasteiger partial charge in [-0.15, -0.1) is 0 Å². The molecule has 3 N–H and O–H groups in total. The van der Waals surface area contributed by atoms with Crippen molar-refractivity contribution >= 4 is 0 Å². The first-order chi connectivity index (χ1) is 6.60. The van der Waals surface area contributed by atoms with Crippen molar-refractivity contribution in [2.24, 2.45) is 5.73 Å². The molecule has 0 amide bonds. The van der Waals surface area contributed by atoms with Crippen LogP contribution in [0.4, 0.5) is 8.78 Å². The highest BCUT2D eigenvalue weighted by atomic mass is 19.1. The Bertz CT molecular complexity index is 308. The van der Waals surface area contributed by atoms with Crippen molar-refractivity contribution in [3.8, 4) is 5.75 Å². The largest absolute Gasteiger partial charge is 0.491 e. The van der Waals surface area contributed by atoms with E-state index in [-0.39, 0.29) is 12.2 Å². The van der Waals surface area contributed by atoms with Crippen LogP contribution in [0.2, 0.25) is 0 Å². The normalized spacial score (nSPS) is 12.6. The lowest BCUT2D eigenvalue weighted by Crippen LogP contribution is -2.15. The minimum atomic E-state index is -0.827. The van der Waals surface area contributed by atoms with Gasteiger partial charge in [-0.2, -0.15) is 0 Å². The second kappa shape index (κ2) is 4.34. The summed E-state index contributed by atoms with van der Waals surface area (Å²) in [5.74, 6) is -2.10. The number of aliphatic hydroxyl groups excluding tert-OH is 1. The van der Waals surface area contributed by atoms with E-state index in [0.29, 0.717) is 0 Å². The van der Waals surface area contributed by atoms with Crippen molar-refractivity contribution in [1.29, 1.82) is 0 Å².